The lowest BCUT2D eigenvalue weighted by atomic mass is 9.99. The number of aryl methyl sites for hydroxylation is 2. The van der Waals surface area contributed by atoms with E-state index in [-0.39, 0.29) is 5.56 Å². The van der Waals surface area contributed by atoms with Crippen molar-refractivity contribution in [2.45, 2.75) is 12.8 Å². The first kappa shape index (κ1) is 19.3. The maximum absolute atomic E-state index is 12.8. The van der Waals surface area contributed by atoms with Crippen molar-refractivity contribution in [3.8, 4) is 17.1 Å². The van der Waals surface area contributed by atoms with Crippen LogP contribution in [0.5, 0.6) is 5.75 Å². The van der Waals surface area contributed by atoms with E-state index in [0.717, 1.165) is 41.8 Å². The summed E-state index contributed by atoms with van der Waals surface area (Å²) >= 11 is 2.34. The molecule has 0 radical (unpaired) electrons. The van der Waals surface area contributed by atoms with E-state index in [0.29, 0.717) is 44.1 Å². The molecule has 0 aliphatic carbocycles. The average molecular weight is 525 g/mol. The molecule has 0 saturated carbocycles. The molecule has 8 nitrogen and oxygen atoms in total. The number of morpholine rings is 1. The molecular formula is C19H21IN5O3P. The number of hydrogen-bond acceptors (Lipinski definition) is 6. The maximum atomic E-state index is 12.8. The summed E-state index contributed by atoms with van der Waals surface area (Å²) in [5.41, 5.74) is 4.36. The lowest BCUT2D eigenvalue weighted by Crippen LogP contribution is -2.40. The van der Waals surface area contributed by atoms with Crippen LogP contribution in [0.4, 0.5) is 5.69 Å². The molecule has 152 valence electrons. The van der Waals surface area contributed by atoms with Crippen LogP contribution in [0.25, 0.3) is 22.3 Å². The lowest BCUT2D eigenvalue weighted by molar-refractivity contribution is 0.122. The third-order valence-electron chi connectivity index (χ3n) is 5.46. The van der Waals surface area contributed by atoms with Crippen LogP contribution >= 0.6 is 28.4 Å². The van der Waals surface area contributed by atoms with Gasteiger partial charge in [0, 0.05) is 31.1 Å². The number of fused-ring (bicyclic) bond motifs is 3. The fourth-order valence-corrected chi connectivity index (χ4v) is 5.58. The Hall–Kier alpha value is -1.71. The van der Waals surface area contributed by atoms with E-state index in [4.69, 9.17) is 14.6 Å². The molecule has 1 atom stereocenters. The summed E-state index contributed by atoms with van der Waals surface area (Å²) in [5.74, 6) is 0.930. The van der Waals surface area contributed by atoms with Crippen LogP contribution in [0.15, 0.2) is 23.0 Å². The molecule has 5 rings (SSSR count). The topological polar surface area (TPSA) is 74.4 Å². The zero-order chi connectivity index (χ0) is 20.0. The first-order valence-electron chi connectivity index (χ1n) is 9.63. The van der Waals surface area contributed by atoms with Crippen LogP contribution in [0, 0.1) is 0 Å². The van der Waals surface area contributed by atoms with E-state index >= 15 is 0 Å². The number of halogens is 1. The SMILES string of the molecule is Cn1nc(-c2nn(PI)c3ccc4c(c23)CCCO4)cc(N2CCOCC2)c1=O. The third-order valence-corrected chi connectivity index (χ3v) is 7.33. The molecule has 0 amide bonds. The van der Waals surface area contributed by atoms with Gasteiger partial charge >= 0.3 is 0 Å². The van der Waals surface area contributed by atoms with E-state index in [1.807, 2.05) is 16.6 Å². The van der Waals surface area contributed by atoms with Gasteiger partial charge in [-0.2, -0.15) is 10.2 Å². The molecule has 2 aliphatic rings. The molecule has 0 bridgehead atoms. The van der Waals surface area contributed by atoms with Gasteiger partial charge in [0.25, 0.3) is 5.56 Å². The maximum Gasteiger partial charge on any atom is 0.290 e. The highest BCUT2D eigenvalue weighted by atomic mass is 127. The molecule has 0 spiro atoms. The Labute approximate surface area is 182 Å². The van der Waals surface area contributed by atoms with Gasteiger partial charge in [0.2, 0.25) is 0 Å². The summed E-state index contributed by atoms with van der Waals surface area (Å²) in [4.78, 5) is 14.9. The zero-order valence-corrected chi connectivity index (χ0v) is 19.2. The standard InChI is InChI=1S/C19H21IN5O3P/c1-23-19(26)15(24-6-9-27-10-7-24)11-13(21-23)18-17-12-3-2-8-28-16(12)5-4-14(17)25(22-18)29-20/h4-5,11,29H,2-3,6-10H2,1H3. The van der Waals surface area contributed by atoms with E-state index in [9.17, 15) is 4.79 Å². The van der Waals surface area contributed by atoms with Crippen molar-refractivity contribution >= 4 is 45.0 Å². The number of hydrogen-bond donors (Lipinski definition) is 0. The quantitative estimate of drug-likeness (QED) is 0.387. The van der Waals surface area contributed by atoms with Crippen LogP contribution < -0.4 is 15.2 Å². The largest absolute Gasteiger partial charge is 0.493 e. The predicted octanol–water partition coefficient (Wildman–Crippen LogP) is 2.75. The van der Waals surface area contributed by atoms with Crippen molar-refractivity contribution < 1.29 is 9.47 Å². The second-order valence-corrected chi connectivity index (χ2v) is 9.22. The number of nitrogens with zero attached hydrogens (tertiary/aromatic N) is 5. The van der Waals surface area contributed by atoms with Gasteiger partial charge in [-0.15, -0.1) is 0 Å². The number of rotatable bonds is 3. The van der Waals surface area contributed by atoms with Crippen LogP contribution in [0.2, 0.25) is 0 Å². The third kappa shape index (κ3) is 3.33. The molecule has 1 unspecified atom stereocenters. The highest BCUT2D eigenvalue weighted by molar-refractivity contribution is 14.2. The second kappa shape index (κ2) is 7.85. The smallest absolute Gasteiger partial charge is 0.290 e. The Morgan fingerprint density at radius 2 is 2.00 bits per heavy atom. The van der Waals surface area contributed by atoms with E-state index in [2.05, 4.69) is 38.1 Å². The van der Waals surface area contributed by atoms with Gasteiger partial charge in [-0.05, 0) is 53.1 Å². The van der Waals surface area contributed by atoms with E-state index in [1.54, 1.807) is 7.05 Å². The van der Waals surface area contributed by atoms with Gasteiger partial charge in [0.1, 0.15) is 22.8 Å². The van der Waals surface area contributed by atoms with Crippen LogP contribution in [0.1, 0.15) is 12.0 Å². The van der Waals surface area contributed by atoms with Crippen LogP contribution in [0.3, 0.4) is 0 Å². The predicted molar refractivity (Wildman–Crippen MR) is 123 cm³/mol. The number of aromatic nitrogens is 4. The van der Waals surface area contributed by atoms with Crippen LogP contribution in [-0.4, -0.2) is 52.2 Å². The Morgan fingerprint density at radius 1 is 1.17 bits per heavy atom. The molecule has 0 N–H and O–H groups in total. The summed E-state index contributed by atoms with van der Waals surface area (Å²) < 4.78 is 14.8. The molecule has 2 aliphatic heterocycles. The summed E-state index contributed by atoms with van der Waals surface area (Å²) in [6, 6.07) is 6.01. The first-order valence-corrected chi connectivity index (χ1v) is 13.7. The fourth-order valence-electron chi connectivity index (χ4n) is 4.06. The number of benzene rings is 1. The molecule has 10 heteroatoms. The first-order chi connectivity index (χ1) is 14.2. The summed E-state index contributed by atoms with van der Waals surface area (Å²) in [6.07, 6.45) is 2.42. The van der Waals surface area contributed by atoms with Gasteiger partial charge in [0.15, 0.2) is 0 Å². The molecule has 3 aromatic rings. The van der Waals surface area contributed by atoms with Gasteiger partial charge in [-0.1, -0.05) is 0 Å². The van der Waals surface area contributed by atoms with Crippen LogP contribution in [-0.2, 0) is 18.2 Å². The highest BCUT2D eigenvalue weighted by Crippen LogP contribution is 2.41. The summed E-state index contributed by atoms with van der Waals surface area (Å²) in [7, 11) is 1.70. The average Bonchev–Trinajstić information content (AvgIpc) is 3.15. The van der Waals surface area contributed by atoms with Gasteiger partial charge in [-0.25, -0.2) is 9.13 Å². The lowest BCUT2D eigenvalue weighted by Gasteiger charge is -2.28. The Bertz CT molecular complexity index is 1140. The molecule has 1 aromatic carbocycles. The Balaban J connectivity index is 1.73. The second-order valence-electron chi connectivity index (χ2n) is 7.18. The monoisotopic (exact) mass is 525 g/mol. The minimum absolute atomic E-state index is 0.0967. The molecule has 1 fully saturated rings. The van der Waals surface area contributed by atoms with Gasteiger partial charge in [-0.3, -0.25) is 4.79 Å². The summed E-state index contributed by atoms with van der Waals surface area (Å²) in [5, 5.41) is 10.6. The molecular weight excluding hydrogens is 504 g/mol. The molecule has 4 heterocycles. The van der Waals surface area contributed by atoms with Crippen molar-refractivity contribution in [2.75, 3.05) is 37.8 Å². The Kier molecular flexibility index (Phi) is 5.21. The minimum Gasteiger partial charge on any atom is -0.493 e. The van der Waals surface area contributed by atoms with E-state index < -0.39 is 0 Å². The Morgan fingerprint density at radius 3 is 2.79 bits per heavy atom. The van der Waals surface area contributed by atoms with Gasteiger partial charge < -0.3 is 14.4 Å². The molecule has 1 saturated heterocycles. The van der Waals surface area contributed by atoms with Crippen molar-refractivity contribution in [1.82, 2.24) is 19.3 Å². The normalized spacial score (nSPS) is 17.1. The molecule has 2 aromatic heterocycles. The minimum atomic E-state index is -0.0967. The summed E-state index contributed by atoms with van der Waals surface area (Å²) in [6.45, 7) is 3.39. The number of anilines is 1. The fraction of sp³-hybridized carbons (Fsp3) is 0.421. The highest BCUT2D eigenvalue weighted by Gasteiger charge is 2.24. The van der Waals surface area contributed by atoms with Crippen molar-refractivity contribution in [3.05, 3.63) is 34.1 Å². The van der Waals surface area contributed by atoms with E-state index in [1.165, 1.54) is 10.2 Å². The zero-order valence-electron chi connectivity index (χ0n) is 16.0. The van der Waals surface area contributed by atoms with Crippen molar-refractivity contribution in [1.29, 1.82) is 0 Å². The van der Waals surface area contributed by atoms with Crippen molar-refractivity contribution in [3.63, 3.8) is 0 Å². The van der Waals surface area contributed by atoms with Crippen molar-refractivity contribution in [2.24, 2.45) is 7.05 Å². The number of ether oxygens (including phenoxy) is 2. The van der Waals surface area contributed by atoms with Gasteiger partial charge in [0.05, 0.1) is 31.7 Å². The molecule has 29 heavy (non-hydrogen) atoms.